The molecule has 0 radical (unpaired) electrons. The van der Waals surface area contributed by atoms with Crippen molar-refractivity contribution in [3.8, 4) is 10.6 Å². The summed E-state index contributed by atoms with van der Waals surface area (Å²) in [7, 11) is 0. The molecule has 0 saturated carbocycles. The topological polar surface area (TPSA) is 51.5 Å². The minimum Gasteiger partial charge on any atom is -0.466 e. The van der Waals surface area contributed by atoms with Crippen molar-refractivity contribution in [3.63, 3.8) is 0 Å². The number of benzene rings is 1. The Labute approximate surface area is 168 Å². The number of piperidine rings is 1. The van der Waals surface area contributed by atoms with Gasteiger partial charge in [0.15, 0.2) is 0 Å². The first-order valence-electron chi connectivity index (χ1n) is 9.74. The molecule has 0 N–H and O–H groups in total. The van der Waals surface area contributed by atoms with Crippen LogP contribution in [0.4, 0.5) is 0 Å². The van der Waals surface area contributed by atoms with Gasteiger partial charge in [0.1, 0.15) is 6.54 Å². The first-order valence-corrected chi connectivity index (χ1v) is 10.6. The molecule has 2 aromatic heterocycles. The number of para-hydroxylation sites is 1. The summed E-state index contributed by atoms with van der Waals surface area (Å²) in [6.45, 7) is 3.61. The van der Waals surface area contributed by atoms with Gasteiger partial charge in [-0.3, -0.25) is 9.59 Å². The lowest BCUT2D eigenvalue weighted by atomic mass is 9.98. The van der Waals surface area contributed by atoms with Crippen molar-refractivity contribution in [1.82, 2.24) is 9.47 Å². The molecule has 1 aromatic carbocycles. The van der Waals surface area contributed by atoms with Crippen molar-refractivity contribution >= 4 is 34.1 Å². The van der Waals surface area contributed by atoms with Crippen molar-refractivity contribution in [3.05, 3.63) is 47.8 Å². The minimum absolute atomic E-state index is 0.0492. The highest BCUT2D eigenvalue weighted by molar-refractivity contribution is 7.13. The highest BCUT2D eigenvalue weighted by Gasteiger charge is 2.29. The molecule has 1 atom stereocenters. The summed E-state index contributed by atoms with van der Waals surface area (Å²) in [5.41, 5.74) is 2.11. The van der Waals surface area contributed by atoms with E-state index in [4.69, 9.17) is 4.74 Å². The second-order valence-corrected chi connectivity index (χ2v) is 8.03. The van der Waals surface area contributed by atoms with Crippen LogP contribution in [0.5, 0.6) is 0 Å². The van der Waals surface area contributed by atoms with Crippen LogP contribution in [0, 0.1) is 5.92 Å². The van der Waals surface area contributed by atoms with E-state index in [1.54, 1.807) is 11.3 Å². The molecule has 0 unspecified atom stereocenters. The Balaban J connectivity index is 1.58. The van der Waals surface area contributed by atoms with Gasteiger partial charge in [-0.05, 0) is 43.3 Å². The highest BCUT2D eigenvalue weighted by atomic mass is 32.1. The molecule has 1 fully saturated rings. The van der Waals surface area contributed by atoms with E-state index in [0.717, 1.165) is 34.3 Å². The van der Waals surface area contributed by atoms with Crippen LogP contribution >= 0.6 is 11.3 Å². The smallest absolute Gasteiger partial charge is 0.310 e. The molecule has 3 aromatic rings. The fraction of sp³-hybridized carbons (Fsp3) is 0.364. The SMILES string of the molecule is CCOC(=O)[C@@H]1CCCN(C(=O)Cn2c(-c3cccs3)cc3ccccc32)C1. The first-order chi connectivity index (χ1) is 13.7. The number of carbonyl (C=O) groups excluding carboxylic acids is 2. The fourth-order valence-corrected chi connectivity index (χ4v) is 4.65. The molecule has 28 heavy (non-hydrogen) atoms. The van der Waals surface area contributed by atoms with Crippen LogP contribution in [-0.2, 0) is 20.9 Å². The quantitative estimate of drug-likeness (QED) is 0.608. The number of hydrogen-bond acceptors (Lipinski definition) is 4. The maximum absolute atomic E-state index is 13.1. The highest BCUT2D eigenvalue weighted by Crippen LogP contribution is 2.31. The Bertz CT molecular complexity index is 977. The van der Waals surface area contributed by atoms with Gasteiger partial charge in [0.2, 0.25) is 5.91 Å². The monoisotopic (exact) mass is 396 g/mol. The summed E-state index contributed by atoms with van der Waals surface area (Å²) in [6.07, 6.45) is 1.62. The third-order valence-corrected chi connectivity index (χ3v) is 6.16. The van der Waals surface area contributed by atoms with Gasteiger partial charge in [-0.25, -0.2) is 0 Å². The van der Waals surface area contributed by atoms with E-state index < -0.39 is 0 Å². The molecule has 6 heteroatoms. The lowest BCUT2D eigenvalue weighted by Gasteiger charge is -2.32. The zero-order valence-electron chi connectivity index (χ0n) is 16.0. The molecular weight excluding hydrogens is 372 g/mol. The average Bonchev–Trinajstić information content (AvgIpc) is 3.36. The van der Waals surface area contributed by atoms with Crippen LogP contribution < -0.4 is 0 Å². The molecule has 146 valence electrons. The summed E-state index contributed by atoms with van der Waals surface area (Å²) in [5, 5.41) is 3.18. The van der Waals surface area contributed by atoms with E-state index >= 15 is 0 Å². The lowest BCUT2D eigenvalue weighted by Crippen LogP contribution is -2.44. The first kappa shape index (κ1) is 18.7. The van der Waals surface area contributed by atoms with E-state index in [-0.39, 0.29) is 24.3 Å². The van der Waals surface area contributed by atoms with Gasteiger partial charge in [-0.2, -0.15) is 0 Å². The van der Waals surface area contributed by atoms with E-state index in [2.05, 4.69) is 28.8 Å². The molecule has 1 aliphatic rings. The van der Waals surface area contributed by atoms with Crippen LogP contribution in [0.15, 0.2) is 47.8 Å². The largest absolute Gasteiger partial charge is 0.466 e. The summed E-state index contributed by atoms with van der Waals surface area (Å²) < 4.78 is 7.26. The van der Waals surface area contributed by atoms with E-state index in [1.807, 2.05) is 35.4 Å². The Hall–Kier alpha value is -2.60. The van der Waals surface area contributed by atoms with Crippen LogP contribution in [0.1, 0.15) is 19.8 Å². The maximum Gasteiger partial charge on any atom is 0.310 e. The Morgan fingerprint density at radius 1 is 1.21 bits per heavy atom. The van der Waals surface area contributed by atoms with Gasteiger partial charge < -0.3 is 14.2 Å². The third-order valence-electron chi connectivity index (χ3n) is 5.27. The molecule has 5 nitrogen and oxygen atoms in total. The molecule has 0 bridgehead atoms. The average molecular weight is 397 g/mol. The van der Waals surface area contributed by atoms with Crippen molar-refractivity contribution in [1.29, 1.82) is 0 Å². The zero-order valence-corrected chi connectivity index (χ0v) is 16.8. The predicted molar refractivity (Wildman–Crippen MR) is 111 cm³/mol. The molecule has 3 heterocycles. The van der Waals surface area contributed by atoms with Gasteiger partial charge in [-0.1, -0.05) is 24.3 Å². The number of carbonyl (C=O) groups is 2. The number of likely N-dealkylation sites (tertiary alicyclic amines) is 1. The van der Waals surface area contributed by atoms with Crippen LogP contribution in [0.2, 0.25) is 0 Å². The van der Waals surface area contributed by atoms with Gasteiger partial charge in [0, 0.05) is 24.0 Å². The van der Waals surface area contributed by atoms with Crippen LogP contribution in [-0.4, -0.2) is 41.0 Å². The standard InChI is InChI=1S/C22H24N2O3S/c1-2-27-22(26)17-8-5-11-23(14-17)21(25)15-24-18-9-4-3-7-16(18)13-19(24)20-10-6-12-28-20/h3-4,6-7,9-10,12-13,17H,2,5,8,11,14-15H2,1H3/t17-/m1/s1. The molecule has 1 saturated heterocycles. The number of rotatable bonds is 5. The second-order valence-electron chi connectivity index (χ2n) is 7.08. The molecule has 4 rings (SSSR count). The summed E-state index contributed by atoms with van der Waals surface area (Å²) in [6, 6.07) is 14.4. The predicted octanol–water partition coefficient (Wildman–Crippen LogP) is 4.17. The fourth-order valence-electron chi connectivity index (χ4n) is 3.90. The van der Waals surface area contributed by atoms with Gasteiger partial charge >= 0.3 is 5.97 Å². The Morgan fingerprint density at radius 3 is 2.86 bits per heavy atom. The number of ether oxygens (including phenoxy) is 1. The van der Waals surface area contributed by atoms with E-state index in [1.165, 1.54) is 0 Å². The molecule has 0 aliphatic carbocycles. The summed E-state index contributed by atoms with van der Waals surface area (Å²) >= 11 is 1.67. The van der Waals surface area contributed by atoms with Crippen molar-refractivity contribution in [2.75, 3.05) is 19.7 Å². The van der Waals surface area contributed by atoms with Gasteiger partial charge in [0.25, 0.3) is 0 Å². The van der Waals surface area contributed by atoms with Crippen molar-refractivity contribution < 1.29 is 14.3 Å². The number of amides is 1. The normalized spacial score (nSPS) is 17.0. The third kappa shape index (κ3) is 3.69. The summed E-state index contributed by atoms with van der Waals surface area (Å²) in [5.74, 6) is -0.352. The maximum atomic E-state index is 13.1. The zero-order chi connectivity index (χ0) is 19.5. The van der Waals surface area contributed by atoms with Gasteiger partial charge in [-0.15, -0.1) is 11.3 Å². The van der Waals surface area contributed by atoms with Crippen molar-refractivity contribution in [2.45, 2.75) is 26.3 Å². The number of thiophene rings is 1. The van der Waals surface area contributed by atoms with E-state index in [9.17, 15) is 9.59 Å². The number of aromatic nitrogens is 1. The molecule has 1 amide bonds. The Kier molecular flexibility index (Phi) is 5.48. The molecule has 1 aliphatic heterocycles. The Morgan fingerprint density at radius 2 is 2.07 bits per heavy atom. The van der Waals surface area contributed by atoms with Gasteiger partial charge in [0.05, 0.1) is 23.1 Å². The van der Waals surface area contributed by atoms with Crippen LogP contribution in [0.25, 0.3) is 21.5 Å². The number of hydrogen-bond donors (Lipinski definition) is 0. The second kappa shape index (κ2) is 8.19. The van der Waals surface area contributed by atoms with Crippen LogP contribution in [0.3, 0.4) is 0 Å². The van der Waals surface area contributed by atoms with E-state index in [0.29, 0.717) is 19.7 Å². The number of fused-ring (bicyclic) bond motifs is 1. The summed E-state index contributed by atoms with van der Waals surface area (Å²) in [4.78, 5) is 28.2. The molecular formula is C22H24N2O3S. The van der Waals surface area contributed by atoms with Crippen molar-refractivity contribution in [2.24, 2.45) is 5.92 Å². The minimum atomic E-state index is -0.212. The lowest BCUT2D eigenvalue weighted by molar-refractivity contribution is -0.151. The number of esters is 1. The molecule has 0 spiro atoms. The number of nitrogens with zero attached hydrogens (tertiary/aromatic N) is 2.